The van der Waals surface area contributed by atoms with Crippen molar-refractivity contribution in [2.75, 3.05) is 41.8 Å². The second kappa shape index (κ2) is 8.45. The van der Waals surface area contributed by atoms with Gasteiger partial charge in [-0.15, -0.1) is 5.10 Å². The first-order valence-electron chi connectivity index (χ1n) is 10.2. The summed E-state index contributed by atoms with van der Waals surface area (Å²) < 4.78 is 7.39. The molecule has 0 radical (unpaired) electrons. The van der Waals surface area contributed by atoms with Gasteiger partial charge in [-0.1, -0.05) is 6.58 Å². The van der Waals surface area contributed by atoms with Crippen molar-refractivity contribution in [3.63, 3.8) is 0 Å². The number of nitrogens with zero attached hydrogens (tertiary/aromatic N) is 5. The average Bonchev–Trinajstić information content (AvgIpc) is 3.29. The lowest BCUT2D eigenvalue weighted by Crippen LogP contribution is -2.37. The highest BCUT2D eigenvalue weighted by Crippen LogP contribution is 2.25. The van der Waals surface area contributed by atoms with Gasteiger partial charge in [-0.3, -0.25) is 4.98 Å². The van der Waals surface area contributed by atoms with E-state index >= 15 is 0 Å². The molecule has 156 valence electrons. The summed E-state index contributed by atoms with van der Waals surface area (Å²) in [5, 5.41) is 11.1. The summed E-state index contributed by atoms with van der Waals surface area (Å²) in [6, 6.07) is 15.8. The summed E-state index contributed by atoms with van der Waals surface area (Å²) in [6.07, 6.45) is 5.43. The van der Waals surface area contributed by atoms with E-state index in [1.807, 2.05) is 59.2 Å². The first-order valence-corrected chi connectivity index (χ1v) is 10.2. The largest absolute Gasteiger partial charge is 0.378 e. The summed E-state index contributed by atoms with van der Waals surface area (Å²) in [5.41, 5.74) is 3.74. The highest BCUT2D eigenvalue weighted by atomic mass is 16.5. The van der Waals surface area contributed by atoms with E-state index in [9.17, 15) is 0 Å². The van der Waals surface area contributed by atoms with E-state index in [1.54, 1.807) is 12.4 Å². The van der Waals surface area contributed by atoms with Gasteiger partial charge in [0, 0.05) is 36.7 Å². The van der Waals surface area contributed by atoms with Crippen LogP contribution in [-0.4, -0.2) is 45.9 Å². The van der Waals surface area contributed by atoms with Crippen molar-refractivity contribution in [2.45, 2.75) is 0 Å². The van der Waals surface area contributed by atoms with Crippen LogP contribution in [0.2, 0.25) is 0 Å². The van der Waals surface area contributed by atoms with Crippen molar-refractivity contribution in [2.24, 2.45) is 0 Å². The van der Waals surface area contributed by atoms with Gasteiger partial charge >= 0.3 is 0 Å². The van der Waals surface area contributed by atoms with Crippen LogP contribution in [0.5, 0.6) is 0 Å². The molecule has 0 atom stereocenters. The fourth-order valence-corrected chi connectivity index (χ4v) is 3.57. The van der Waals surface area contributed by atoms with Crippen LogP contribution < -0.4 is 15.5 Å². The second-order valence-electron chi connectivity index (χ2n) is 7.24. The predicted molar refractivity (Wildman–Crippen MR) is 122 cm³/mol. The summed E-state index contributed by atoms with van der Waals surface area (Å²) >= 11 is 0. The molecule has 0 bridgehead atoms. The van der Waals surface area contributed by atoms with Crippen LogP contribution in [0.25, 0.3) is 16.9 Å². The Bertz CT molecular complexity index is 1180. The van der Waals surface area contributed by atoms with E-state index in [0.717, 1.165) is 41.4 Å². The average molecular weight is 413 g/mol. The first-order chi connectivity index (χ1) is 15.3. The molecule has 0 unspecified atom stereocenters. The monoisotopic (exact) mass is 413 g/mol. The zero-order chi connectivity index (χ0) is 21.0. The second-order valence-corrected chi connectivity index (χ2v) is 7.24. The molecule has 0 aliphatic carbocycles. The third-order valence-electron chi connectivity index (χ3n) is 5.08. The van der Waals surface area contributed by atoms with Crippen molar-refractivity contribution < 1.29 is 4.74 Å². The Hall–Kier alpha value is -3.91. The van der Waals surface area contributed by atoms with Crippen molar-refractivity contribution in [3.05, 3.63) is 79.5 Å². The zero-order valence-corrected chi connectivity index (χ0v) is 17.0. The number of nitrogens with one attached hydrogen (secondary N) is 2. The number of hydrogen-bond acceptors (Lipinski definition) is 7. The molecular weight excluding hydrogens is 390 g/mol. The van der Waals surface area contributed by atoms with Gasteiger partial charge in [0.2, 0.25) is 0 Å². The molecule has 2 N–H and O–H groups in total. The summed E-state index contributed by atoms with van der Waals surface area (Å²) in [7, 11) is 0. The van der Waals surface area contributed by atoms with E-state index in [4.69, 9.17) is 14.8 Å². The van der Waals surface area contributed by atoms with E-state index < -0.39 is 0 Å². The third-order valence-corrected chi connectivity index (χ3v) is 5.08. The van der Waals surface area contributed by atoms with Crippen LogP contribution in [0.1, 0.15) is 0 Å². The molecular formula is C23H23N7O. The van der Waals surface area contributed by atoms with Crippen LogP contribution in [0.3, 0.4) is 0 Å². The van der Waals surface area contributed by atoms with E-state index in [-0.39, 0.29) is 0 Å². The molecule has 0 spiro atoms. The fourth-order valence-electron chi connectivity index (χ4n) is 3.57. The Labute approximate surface area is 180 Å². The van der Waals surface area contributed by atoms with Crippen molar-refractivity contribution in [1.82, 2.24) is 19.6 Å². The minimum atomic E-state index is 0.667. The molecule has 3 aromatic heterocycles. The zero-order valence-electron chi connectivity index (χ0n) is 17.0. The highest BCUT2D eigenvalue weighted by Gasteiger charge is 2.18. The molecule has 8 heteroatoms. The molecule has 1 saturated heterocycles. The Morgan fingerprint density at radius 3 is 2.55 bits per heavy atom. The number of pyridine rings is 1. The quantitative estimate of drug-likeness (QED) is 0.500. The first kappa shape index (κ1) is 19.1. The number of hydrogen-bond donors (Lipinski definition) is 2. The van der Waals surface area contributed by atoms with Crippen LogP contribution >= 0.6 is 0 Å². The van der Waals surface area contributed by atoms with Gasteiger partial charge < -0.3 is 20.3 Å². The Morgan fingerprint density at radius 2 is 1.77 bits per heavy atom. The van der Waals surface area contributed by atoms with Crippen LogP contribution in [0.4, 0.5) is 17.2 Å². The molecule has 1 aliphatic heterocycles. The normalized spacial score (nSPS) is 13.9. The molecule has 5 rings (SSSR count). The molecule has 31 heavy (non-hydrogen) atoms. The summed E-state index contributed by atoms with van der Waals surface area (Å²) in [4.78, 5) is 11.2. The number of aromatic nitrogens is 4. The molecule has 0 saturated carbocycles. The number of fused-ring (bicyclic) bond motifs is 1. The topological polar surface area (TPSA) is 79.6 Å². The van der Waals surface area contributed by atoms with E-state index in [0.29, 0.717) is 24.9 Å². The van der Waals surface area contributed by atoms with Crippen molar-refractivity contribution in [1.29, 1.82) is 0 Å². The van der Waals surface area contributed by atoms with Gasteiger partial charge in [0.25, 0.3) is 0 Å². The molecule has 4 aromatic rings. The highest BCUT2D eigenvalue weighted by molar-refractivity contribution is 5.72. The lowest BCUT2D eigenvalue weighted by Gasteiger charge is -2.28. The van der Waals surface area contributed by atoms with E-state index in [2.05, 4.69) is 27.1 Å². The van der Waals surface area contributed by atoms with Gasteiger partial charge in [-0.05, 0) is 48.5 Å². The number of morpholine rings is 1. The lowest BCUT2D eigenvalue weighted by atomic mass is 10.2. The molecule has 8 nitrogen and oxygen atoms in total. The smallest absolute Gasteiger partial charge is 0.182 e. The molecule has 1 aromatic carbocycles. The van der Waals surface area contributed by atoms with Crippen LogP contribution in [0, 0.1) is 0 Å². The maximum atomic E-state index is 5.50. The fraction of sp³-hybridized carbons (Fsp3) is 0.174. The molecule has 1 fully saturated rings. The van der Waals surface area contributed by atoms with Gasteiger partial charge in [0.15, 0.2) is 11.6 Å². The Kier molecular flexibility index (Phi) is 5.20. The molecule has 0 amide bonds. The number of anilines is 3. The third kappa shape index (κ3) is 4.19. The minimum Gasteiger partial charge on any atom is -0.378 e. The standard InChI is InChI=1S/C23H23N7O/c1-17(26-20-4-2-10-24-16-20)25-19-8-6-18(7-9-19)22-27-23(29-12-14-31-15-13-29)21-5-3-11-30(21)28-22/h2-11,16,25-26H,1,12-15H2. The summed E-state index contributed by atoms with van der Waals surface area (Å²) in [6.45, 7) is 7.10. The van der Waals surface area contributed by atoms with Gasteiger partial charge in [-0.2, -0.15) is 0 Å². The van der Waals surface area contributed by atoms with Crippen LogP contribution in [0.15, 0.2) is 79.5 Å². The minimum absolute atomic E-state index is 0.667. The maximum absolute atomic E-state index is 5.50. The Morgan fingerprint density at radius 1 is 0.968 bits per heavy atom. The van der Waals surface area contributed by atoms with Gasteiger partial charge in [0.1, 0.15) is 11.3 Å². The number of ether oxygens (including phenoxy) is 1. The van der Waals surface area contributed by atoms with Gasteiger partial charge in [-0.25, -0.2) is 9.50 Å². The van der Waals surface area contributed by atoms with Crippen molar-refractivity contribution in [3.8, 4) is 11.4 Å². The number of benzene rings is 1. The Balaban J connectivity index is 1.36. The summed E-state index contributed by atoms with van der Waals surface area (Å²) in [5.74, 6) is 2.29. The maximum Gasteiger partial charge on any atom is 0.182 e. The lowest BCUT2D eigenvalue weighted by molar-refractivity contribution is 0.122. The predicted octanol–water partition coefficient (Wildman–Crippen LogP) is 3.62. The molecule has 4 heterocycles. The van der Waals surface area contributed by atoms with Gasteiger partial charge in [0.05, 0.1) is 25.1 Å². The van der Waals surface area contributed by atoms with E-state index in [1.165, 1.54) is 0 Å². The van der Waals surface area contributed by atoms with Crippen molar-refractivity contribution >= 4 is 22.7 Å². The molecule has 1 aliphatic rings. The SMILES string of the molecule is C=C(Nc1ccc(-c2nc(N3CCOCC3)c3cccn3n2)cc1)Nc1cccnc1. The van der Waals surface area contributed by atoms with Crippen LogP contribution in [-0.2, 0) is 4.74 Å². The number of rotatable bonds is 6.